The van der Waals surface area contributed by atoms with Crippen LogP contribution in [-0.4, -0.2) is 38.6 Å². The fourth-order valence-electron chi connectivity index (χ4n) is 5.79. The lowest BCUT2D eigenvalue weighted by Gasteiger charge is -2.41. The zero-order valence-electron chi connectivity index (χ0n) is 14.6. The molecule has 2 aliphatic heterocycles. The van der Waals surface area contributed by atoms with Crippen molar-refractivity contribution in [2.24, 2.45) is 5.92 Å². The summed E-state index contributed by atoms with van der Waals surface area (Å²) in [5, 5.41) is 12.5. The molecular formula is C20H22Cl2N2O2. The first-order chi connectivity index (χ1) is 12.4. The number of aromatic amines is 1. The van der Waals surface area contributed by atoms with E-state index in [9.17, 15) is 9.90 Å². The first-order valence-corrected chi connectivity index (χ1v) is 10.1. The van der Waals surface area contributed by atoms with Crippen molar-refractivity contribution >= 4 is 40.0 Å². The van der Waals surface area contributed by atoms with Gasteiger partial charge in [-0.25, -0.2) is 0 Å². The third kappa shape index (κ3) is 2.35. The number of benzene rings is 1. The molecule has 1 amide bonds. The molecule has 5 unspecified atom stereocenters. The molecule has 26 heavy (non-hydrogen) atoms. The van der Waals surface area contributed by atoms with Crippen LogP contribution >= 0.6 is 23.2 Å². The first-order valence-electron chi connectivity index (χ1n) is 9.35. The second kappa shape index (κ2) is 5.63. The molecule has 3 heterocycles. The molecule has 1 aromatic heterocycles. The normalized spacial score (nSPS) is 33.4. The Hall–Kier alpha value is -1.23. The SMILES string of the molecule is CC(CC(=O)N1C2CC3CC(O)(C2)CC31)c1c[nH]c2ccc(Cl)c(Cl)c12. The average Bonchev–Trinajstić information content (AvgIpc) is 3.18. The molecule has 2 aromatic rings. The second-order valence-electron chi connectivity index (χ2n) is 8.49. The van der Waals surface area contributed by atoms with E-state index in [1.54, 1.807) is 6.07 Å². The van der Waals surface area contributed by atoms with Crippen LogP contribution in [0.1, 0.15) is 50.5 Å². The van der Waals surface area contributed by atoms with Gasteiger partial charge in [0.1, 0.15) is 0 Å². The number of aliphatic hydroxyl groups is 1. The van der Waals surface area contributed by atoms with Crippen LogP contribution in [0.25, 0.3) is 10.9 Å². The monoisotopic (exact) mass is 392 g/mol. The van der Waals surface area contributed by atoms with E-state index in [1.165, 1.54) is 0 Å². The van der Waals surface area contributed by atoms with Gasteiger partial charge < -0.3 is 15.0 Å². The van der Waals surface area contributed by atoms with E-state index in [-0.39, 0.29) is 23.9 Å². The highest BCUT2D eigenvalue weighted by atomic mass is 35.5. The molecule has 2 aliphatic carbocycles. The lowest BCUT2D eigenvalue weighted by atomic mass is 9.83. The highest BCUT2D eigenvalue weighted by Crippen LogP contribution is 2.55. The Bertz CT molecular complexity index is 907. The molecule has 2 saturated heterocycles. The maximum atomic E-state index is 13.1. The highest BCUT2D eigenvalue weighted by molar-refractivity contribution is 6.45. The minimum absolute atomic E-state index is 0.0478. The van der Waals surface area contributed by atoms with Crippen LogP contribution in [-0.2, 0) is 4.79 Å². The Morgan fingerprint density at radius 1 is 1.38 bits per heavy atom. The summed E-state index contributed by atoms with van der Waals surface area (Å²) in [4.78, 5) is 18.4. The average molecular weight is 393 g/mol. The molecule has 4 nitrogen and oxygen atoms in total. The van der Waals surface area contributed by atoms with Crippen molar-refractivity contribution < 1.29 is 9.90 Å². The molecule has 0 spiro atoms. The summed E-state index contributed by atoms with van der Waals surface area (Å²) < 4.78 is 0. The van der Waals surface area contributed by atoms with Crippen LogP contribution < -0.4 is 0 Å². The fraction of sp³-hybridized carbons (Fsp3) is 0.550. The van der Waals surface area contributed by atoms with Crippen molar-refractivity contribution in [2.75, 3.05) is 0 Å². The Balaban J connectivity index is 1.39. The summed E-state index contributed by atoms with van der Waals surface area (Å²) in [7, 11) is 0. The summed E-state index contributed by atoms with van der Waals surface area (Å²) in [6, 6.07) is 4.16. The minimum Gasteiger partial charge on any atom is -0.390 e. The van der Waals surface area contributed by atoms with E-state index in [1.807, 2.05) is 12.3 Å². The topological polar surface area (TPSA) is 56.3 Å². The van der Waals surface area contributed by atoms with Gasteiger partial charge in [-0.15, -0.1) is 0 Å². The largest absolute Gasteiger partial charge is 0.390 e. The zero-order chi connectivity index (χ0) is 18.2. The molecule has 138 valence electrons. The van der Waals surface area contributed by atoms with Crippen LogP contribution in [0.3, 0.4) is 0 Å². The number of halogens is 2. The standard InChI is InChI=1S/C20H22Cl2N2O2/c1-10(13-9-23-15-3-2-14(21)19(22)18(13)15)4-17(25)24-12-5-11-6-20(26,7-12)8-16(11)24/h2-3,9-12,16,23,26H,4-8H2,1H3. The number of carbonyl (C=O) groups excluding carboxylic acids is 1. The van der Waals surface area contributed by atoms with Gasteiger partial charge in [-0.3, -0.25) is 4.79 Å². The Labute approximate surface area is 162 Å². The summed E-state index contributed by atoms with van der Waals surface area (Å²) in [5.74, 6) is 0.734. The van der Waals surface area contributed by atoms with Gasteiger partial charge in [0.05, 0.1) is 15.6 Å². The molecule has 4 bridgehead atoms. The number of amides is 1. The summed E-state index contributed by atoms with van der Waals surface area (Å²) in [6.07, 6.45) is 5.81. The molecule has 6 rings (SSSR count). The number of piperidine rings is 1. The number of carbonyl (C=O) groups is 1. The van der Waals surface area contributed by atoms with Crippen LogP contribution in [0.2, 0.25) is 10.0 Å². The molecule has 4 fully saturated rings. The number of aromatic nitrogens is 1. The number of H-pyrrole nitrogens is 1. The summed E-state index contributed by atoms with van der Waals surface area (Å²) in [5.41, 5.74) is 1.46. The van der Waals surface area contributed by atoms with Crippen molar-refractivity contribution in [3.05, 3.63) is 33.9 Å². The van der Waals surface area contributed by atoms with Crippen LogP contribution in [0.15, 0.2) is 18.3 Å². The van der Waals surface area contributed by atoms with Crippen LogP contribution in [0.5, 0.6) is 0 Å². The van der Waals surface area contributed by atoms with Gasteiger partial charge in [0.25, 0.3) is 0 Å². The molecule has 2 saturated carbocycles. The van der Waals surface area contributed by atoms with E-state index in [4.69, 9.17) is 23.2 Å². The Morgan fingerprint density at radius 2 is 2.19 bits per heavy atom. The maximum Gasteiger partial charge on any atom is 0.223 e. The molecule has 1 aromatic carbocycles. The smallest absolute Gasteiger partial charge is 0.223 e. The van der Waals surface area contributed by atoms with E-state index in [2.05, 4.69) is 16.8 Å². The Morgan fingerprint density at radius 3 is 2.96 bits per heavy atom. The van der Waals surface area contributed by atoms with E-state index in [0.717, 1.165) is 42.1 Å². The molecule has 5 atom stereocenters. The fourth-order valence-corrected chi connectivity index (χ4v) is 6.22. The highest BCUT2D eigenvalue weighted by Gasteiger charge is 2.60. The Kier molecular flexibility index (Phi) is 3.66. The van der Waals surface area contributed by atoms with Crippen LogP contribution in [0, 0.1) is 5.92 Å². The first kappa shape index (κ1) is 16.9. The number of hydrogen-bond donors (Lipinski definition) is 2. The van der Waals surface area contributed by atoms with Crippen molar-refractivity contribution in [3.8, 4) is 0 Å². The number of rotatable bonds is 3. The summed E-state index contributed by atoms with van der Waals surface area (Å²) in [6.45, 7) is 2.07. The van der Waals surface area contributed by atoms with Crippen molar-refractivity contribution in [3.63, 3.8) is 0 Å². The number of nitrogens with one attached hydrogen (secondary N) is 1. The molecule has 0 radical (unpaired) electrons. The number of hydrogen-bond acceptors (Lipinski definition) is 2. The van der Waals surface area contributed by atoms with Gasteiger partial charge in [0.15, 0.2) is 0 Å². The zero-order valence-corrected chi connectivity index (χ0v) is 16.1. The van der Waals surface area contributed by atoms with Gasteiger partial charge >= 0.3 is 0 Å². The second-order valence-corrected chi connectivity index (χ2v) is 9.27. The molecule has 2 N–H and O–H groups in total. The van der Waals surface area contributed by atoms with Gasteiger partial charge in [-0.1, -0.05) is 30.1 Å². The maximum absolute atomic E-state index is 13.1. The van der Waals surface area contributed by atoms with Crippen molar-refractivity contribution in [1.82, 2.24) is 9.88 Å². The van der Waals surface area contributed by atoms with E-state index >= 15 is 0 Å². The quantitative estimate of drug-likeness (QED) is 0.808. The van der Waals surface area contributed by atoms with Gasteiger partial charge in [0.2, 0.25) is 5.91 Å². The number of fused-ring (bicyclic) bond motifs is 1. The number of nitrogens with zero attached hydrogens (tertiary/aromatic N) is 1. The molecule has 4 aliphatic rings. The van der Waals surface area contributed by atoms with Crippen molar-refractivity contribution in [2.45, 2.75) is 62.6 Å². The molecule has 6 heteroatoms. The minimum atomic E-state index is -0.512. The third-order valence-electron chi connectivity index (χ3n) is 6.78. The lowest BCUT2D eigenvalue weighted by molar-refractivity contribution is -0.139. The molecular weight excluding hydrogens is 371 g/mol. The predicted octanol–water partition coefficient (Wildman–Crippen LogP) is 4.48. The van der Waals surface area contributed by atoms with Crippen molar-refractivity contribution in [1.29, 1.82) is 0 Å². The van der Waals surface area contributed by atoms with Crippen LogP contribution in [0.4, 0.5) is 0 Å². The predicted molar refractivity (Wildman–Crippen MR) is 103 cm³/mol. The summed E-state index contributed by atoms with van der Waals surface area (Å²) >= 11 is 12.6. The van der Waals surface area contributed by atoms with Gasteiger partial charge in [-0.2, -0.15) is 0 Å². The van der Waals surface area contributed by atoms with E-state index < -0.39 is 5.60 Å². The lowest BCUT2D eigenvalue weighted by Crippen LogP contribution is -2.50. The van der Waals surface area contributed by atoms with Gasteiger partial charge in [0, 0.05) is 35.6 Å². The van der Waals surface area contributed by atoms with Gasteiger partial charge in [-0.05, 0) is 55.2 Å². The van der Waals surface area contributed by atoms with E-state index in [0.29, 0.717) is 22.4 Å². The third-order valence-corrected chi connectivity index (χ3v) is 7.59.